The minimum atomic E-state index is -0.323. The van der Waals surface area contributed by atoms with Crippen LogP contribution < -0.4 is 0 Å². The van der Waals surface area contributed by atoms with Crippen molar-refractivity contribution in [3.63, 3.8) is 0 Å². The molecule has 0 aromatic heterocycles. The highest BCUT2D eigenvalue weighted by Crippen LogP contribution is 2.57. The summed E-state index contributed by atoms with van der Waals surface area (Å²) in [5.41, 5.74) is 4.21. The first-order valence-corrected chi connectivity index (χ1v) is 10.5. The molecule has 0 amide bonds. The van der Waals surface area contributed by atoms with Gasteiger partial charge in [0.2, 0.25) is 0 Å². The van der Waals surface area contributed by atoms with Crippen molar-refractivity contribution in [1.29, 1.82) is 0 Å². The van der Waals surface area contributed by atoms with Crippen molar-refractivity contribution < 1.29 is 9.53 Å². The number of ether oxygens (including phenoxy) is 1. The molecule has 2 atom stereocenters. The predicted octanol–water partition coefficient (Wildman–Crippen LogP) is 5.53. The van der Waals surface area contributed by atoms with Crippen molar-refractivity contribution in [2.75, 3.05) is 6.61 Å². The summed E-state index contributed by atoms with van der Waals surface area (Å²) in [6.45, 7) is 4.30. The van der Waals surface area contributed by atoms with Crippen molar-refractivity contribution in [3.05, 3.63) is 107 Å². The summed E-state index contributed by atoms with van der Waals surface area (Å²) >= 11 is 0. The number of carbonyl (C=O) groups excluding carboxylic acids is 1. The third-order valence-corrected chi connectivity index (χ3v) is 6.03. The molecule has 1 aliphatic carbocycles. The fraction of sp³-hybridized carbons (Fsp3) is 0.250. The molecule has 1 fully saturated rings. The third kappa shape index (κ3) is 3.64. The smallest absolute Gasteiger partial charge is 0.310 e. The van der Waals surface area contributed by atoms with Crippen molar-refractivity contribution in [3.8, 4) is 11.8 Å². The van der Waals surface area contributed by atoms with Gasteiger partial charge in [-0.15, -0.1) is 0 Å². The highest BCUT2D eigenvalue weighted by molar-refractivity contribution is 5.77. The Hall–Kier alpha value is -3.31. The Morgan fingerprint density at radius 2 is 1.60 bits per heavy atom. The lowest BCUT2D eigenvalue weighted by molar-refractivity contribution is -0.155. The zero-order valence-electron chi connectivity index (χ0n) is 17.5. The first kappa shape index (κ1) is 20.0. The fourth-order valence-corrected chi connectivity index (χ4v) is 4.58. The largest absolute Gasteiger partial charge is 0.466 e. The van der Waals surface area contributed by atoms with Crippen molar-refractivity contribution in [2.45, 2.75) is 25.7 Å². The number of carbonyl (C=O) groups is 1. The molecule has 1 saturated carbocycles. The normalized spacial score (nSPS) is 19.1. The Bertz CT molecular complexity index is 1030. The summed E-state index contributed by atoms with van der Waals surface area (Å²) in [5, 5.41) is 0. The van der Waals surface area contributed by atoms with Crippen LogP contribution in [-0.4, -0.2) is 12.6 Å². The van der Waals surface area contributed by atoms with E-state index in [0.717, 1.165) is 5.56 Å². The minimum Gasteiger partial charge on any atom is -0.466 e. The summed E-state index contributed by atoms with van der Waals surface area (Å²) in [5.74, 6) is 6.31. The van der Waals surface area contributed by atoms with Gasteiger partial charge >= 0.3 is 5.97 Å². The molecule has 0 aliphatic heterocycles. The van der Waals surface area contributed by atoms with Crippen LogP contribution in [0.5, 0.6) is 0 Å². The van der Waals surface area contributed by atoms with E-state index in [9.17, 15) is 4.79 Å². The lowest BCUT2D eigenvalue weighted by atomic mass is 9.48. The second-order valence-corrected chi connectivity index (χ2v) is 7.88. The molecule has 4 rings (SSSR count). The molecule has 150 valence electrons. The number of benzene rings is 3. The number of rotatable bonds is 4. The van der Waals surface area contributed by atoms with E-state index in [0.29, 0.717) is 13.0 Å². The van der Waals surface area contributed by atoms with Gasteiger partial charge in [0.15, 0.2) is 0 Å². The minimum absolute atomic E-state index is 0.150. The summed E-state index contributed by atoms with van der Waals surface area (Å²) in [7, 11) is 0. The van der Waals surface area contributed by atoms with E-state index in [4.69, 9.17) is 4.74 Å². The molecule has 30 heavy (non-hydrogen) atoms. The summed E-state index contributed by atoms with van der Waals surface area (Å²) in [6, 6.07) is 29.1. The van der Waals surface area contributed by atoms with Crippen LogP contribution in [0.1, 0.15) is 35.6 Å². The van der Waals surface area contributed by atoms with Crippen LogP contribution in [0.15, 0.2) is 84.9 Å². The standard InChI is InChI=1S/C28H26O2/c1-3-30-27(29)25-20-28(23-13-6-4-7-14-23,24-15-8-5-9-16-24)26(25)18-17-22-12-10-11-21(2)19-22/h4-16,19,25-26H,3,20H2,1-2H3. The van der Waals surface area contributed by atoms with E-state index in [2.05, 4.69) is 79.4 Å². The number of aryl methyl sites for hydroxylation is 1. The zero-order valence-corrected chi connectivity index (χ0v) is 17.5. The molecular weight excluding hydrogens is 368 g/mol. The maximum Gasteiger partial charge on any atom is 0.310 e. The van der Waals surface area contributed by atoms with Crippen molar-refractivity contribution in [1.82, 2.24) is 0 Å². The Kier molecular flexibility index (Phi) is 5.72. The van der Waals surface area contributed by atoms with Crippen LogP contribution in [0.3, 0.4) is 0 Å². The van der Waals surface area contributed by atoms with Gasteiger partial charge in [-0.2, -0.15) is 0 Å². The molecule has 0 spiro atoms. The molecule has 0 saturated heterocycles. The van der Waals surface area contributed by atoms with Crippen molar-refractivity contribution >= 4 is 5.97 Å². The average Bonchev–Trinajstić information content (AvgIpc) is 2.75. The van der Waals surface area contributed by atoms with Crippen molar-refractivity contribution in [2.24, 2.45) is 11.8 Å². The molecule has 0 N–H and O–H groups in total. The predicted molar refractivity (Wildman–Crippen MR) is 120 cm³/mol. The van der Waals surface area contributed by atoms with E-state index >= 15 is 0 Å². The molecule has 3 aromatic carbocycles. The van der Waals surface area contributed by atoms with Gasteiger partial charge in [0.1, 0.15) is 0 Å². The van der Waals surface area contributed by atoms with E-state index in [-0.39, 0.29) is 23.2 Å². The molecule has 0 bridgehead atoms. The highest BCUT2D eigenvalue weighted by Gasteiger charge is 2.58. The van der Waals surface area contributed by atoms with Crippen LogP contribution in [0.2, 0.25) is 0 Å². The summed E-state index contributed by atoms with van der Waals surface area (Å²) in [6.07, 6.45) is 0.701. The van der Waals surface area contributed by atoms with Gasteiger partial charge in [0.05, 0.1) is 12.5 Å². The Balaban J connectivity index is 1.83. The number of hydrogen-bond acceptors (Lipinski definition) is 2. The maximum atomic E-state index is 12.8. The Morgan fingerprint density at radius 1 is 0.967 bits per heavy atom. The Labute approximate surface area is 178 Å². The van der Waals surface area contributed by atoms with E-state index < -0.39 is 0 Å². The van der Waals surface area contributed by atoms with Crippen LogP contribution >= 0.6 is 0 Å². The molecule has 2 nitrogen and oxygen atoms in total. The monoisotopic (exact) mass is 394 g/mol. The lowest BCUT2D eigenvalue weighted by Gasteiger charge is -2.52. The Morgan fingerprint density at radius 3 is 2.17 bits per heavy atom. The van der Waals surface area contributed by atoms with E-state index in [1.54, 1.807) is 0 Å². The maximum absolute atomic E-state index is 12.8. The highest BCUT2D eigenvalue weighted by atomic mass is 16.5. The first-order chi connectivity index (χ1) is 14.6. The summed E-state index contributed by atoms with van der Waals surface area (Å²) < 4.78 is 5.41. The summed E-state index contributed by atoms with van der Waals surface area (Å²) in [4.78, 5) is 12.8. The van der Waals surface area contributed by atoms with Crippen LogP contribution in [-0.2, 0) is 14.9 Å². The molecule has 3 aromatic rings. The van der Waals surface area contributed by atoms with E-state index in [1.807, 2.05) is 31.2 Å². The fourth-order valence-electron chi connectivity index (χ4n) is 4.58. The second-order valence-electron chi connectivity index (χ2n) is 7.88. The van der Waals surface area contributed by atoms with Crippen LogP contribution in [0.25, 0.3) is 0 Å². The molecule has 0 heterocycles. The van der Waals surface area contributed by atoms with Crippen LogP contribution in [0, 0.1) is 30.6 Å². The third-order valence-electron chi connectivity index (χ3n) is 6.03. The van der Waals surface area contributed by atoms with Crippen LogP contribution in [0.4, 0.5) is 0 Å². The zero-order chi connectivity index (χ0) is 21.0. The molecule has 1 aliphatic rings. The lowest BCUT2D eigenvalue weighted by Crippen LogP contribution is -2.54. The van der Waals surface area contributed by atoms with Gasteiger partial charge in [0, 0.05) is 16.9 Å². The van der Waals surface area contributed by atoms with Gasteiger partial charge in [-0.3, -0.25) is 4.79 Å². The molecule has 0 radical (unpaired) electrons. The molecule has 2 heteroatoms. The van der Waals surface area contributed by atoms with E-state index in [1.165, 1.54) is 16.7 Å². The number of hydrogen-bond donors (Lipinski definition) is 0. The van der Waals surface area contributed by atoms with Gasteiger partial charge in [-0.25, -0.2) is 0 Å². The van der Waals surface area contributed by atoms with Gasteiger partial charge in [0.25, 0.3) is 0 Å². The molecule has 2 unspecified atom stereocenters. The van der Waals surface area contributed by atoms with Gasteiger partial charge in [-0.1, -0.05) is 84.6 Å². The first-order valence-electron chi connectivity index (χ1n) is 10.5. The molecular formula is C28H26O2. The SMILES string of the molecule is CCOC(=O)C1CC(c2ccccc2)(c2ccccc2)C1C#Cc1cccc(C)c1. The van der Waals surface area contributed by atoms with Gasteiger partial charge in [-0.05, 0) is 49.1 Å². The number of esters is 1. The topological polar surface area (TPSA) is 26.3 Å². The second kappa shape index (κ2) is 8.59. The van der Waals surface area contributed by atoms with Gasteiger partial charge < -0.3 is 4.74 Å². The average molecular weight is 395 g/mol. The quantitative estimate of drug-likeness (QED) is 0.429.